The fourth-order valence-electron chi connectivity index (χ4n) is 4.99. The first-order chi connectivity index (χ1) is 18.0. The van der Waals surface area contributed by atoms with Crippen LogP contribution in [0.1, 0.15) is 61.4 Å². The number of benzene rings is 2. The van der Waals surface area contributed by atoms with Gasteiger partial charge in [0.1, 0.15) is 23.7 Å². The molecule has 0 N–H and O–H groups in total. The van der Waals surface area contributed by atoms with Gasteiger partial charge in [-0.15, -0.1) is 0 Å². The number of hydrogen-bond donors (Lipinski definition) is 0. The fourth-order valence-corrected chi connectivity index (χ4v) is 4.99. The molecule has 1 saturated heterocycles. The highest BCUT2D eigenvalue weighted by molar-refractivity contribution is 5.96. The predicted octanol–water partition coefficient (Wildman–Crippen LogP) is 4.73. The second kappa shape index (κ2) is 13.5. The maximum absolute atomic E-state index is 13.2. The van der Waals surface area contributed by atoms with Gasteiger partial charge in [0, 0.05) is 20.2 Å². The molecule has 2 aliphatic rings. The number of rotatable bonds is 4. The molecule has 2 heterocycles. The molecule has 1 fully saturated rings. The predicted molar refractivity (Wildman–Crippen MR) is 143 cm³/mol. The Morgan fingerprint density at radius 1 is 0.946 bits per heavy atom. The van der Waals surface area contributed by atoms with Gasteiger partial charge in [0.2, 0.25) is 5.91 Å². The van der Waals surface area contributed by atoms with Gasteiger partial charge < -0.3 is 24.0 Å². The summed E-state index contributed by atoms with van der Waals surface area (Å²) in [6, 6.07) is 15.1. The fraction of sp³-hybridized carbons (Fsp3) is 0.533. The van der Waals surface area contributed by atoms with Crippen LogP contribution in [0.3, 0.4) is 0 Å². The zero-order valence-corrected chi connectivity index (χ0v) is 22.2. The molecular formula is C30H40N2O5. The highest BCUT2D eigenvalue weighted by Gasteiger charge is 2.38. The average molecular weight is 509 g/mol. The molecule has 0 radical (unpaired) electrons. The minimum atomic E-state index is -0.337. The molecule has 37 heavy (non-hydrogen) atoms. The summed E-state index contributed by atoms with van der Waals surface area (Å²) in [4.78, 5) is 30.0. The molecule has 0 bridgehead atoms. The van der Waals surface area contributed by atoms with Crippen LogP contribution in [0, 0.1) is 0 Å². The van der Waals surface area contributed by atoms with Gasteiger partial charge in [0.15, 0.2) is 0 Å². The van der Waals surface area contributed by atoms with E-state index in [1.165, 1.54) is 12.8 Å². The third kappa shape index (κ3) is 7.48. The largest absolute Gasteiger partial charge is 0.494 e. The topological polar surface area (TPSA) is 68.3 Å². The van der Waals surface area contributed by atoms with Crippen LogP contribution in [0.25, 0.3) is 0 Å². The molecule has 7 heteroatoms. The van der Waals surface area contributed by atoms with Crippen molar-refractivity contribution < 1.29 is 23.8 Å². The standard InChI is InChI=1S/C30H40N2O5/c1-3-35-24-16-14-23(15-17-24)20-29(33)32-21-27-28(22-32)37-26-13-9-8-12-25(26)30(34)31(2)18-10-6-4-5-7-11-19-36-27/h8-9,12-17,27-28H,3-7,10-11,18-22H2,1-2H3/t27-,28-/m1/s1. The first-order valence-electron chi connectivity index (χ1n) is 13.7. The Morgan fingerprint density at radius 2 is 1.65 bits per heavy atom. The van der Waals surface area contributed by atoms with Crippen molar-refractivity contribution in [3.8, 4) is 11.5 Å². The van der Waals surface area contributed by atoms with Crippen molar-refractivity contribution in [2.75, 3.05) is 39.9 Å². The molecule has 0 aliphatic carbocycles. The van der Waals surface area contributed by atoms with Crippen LogP contribution in [0.2, 0.25) is 0 Å². The lowest BCUT2D eigenvalue weighted by atomic mass is 10.1. The van der Waals surface area contributed by atoms with Gasteiger partial charge in [0.05, 0.1) is 31.7 Å². The number of likely N-dealkylation sites (tertiary alicyclic amines) is 1. The van der Waals surface area contributed by atoms with Crippen molar-refractivity contribution in [1.29, 1.82) is 0 Å². The lowest BCUT2D eigenvalue weighted by Gasteiger charge is -2.24. The van der Waals surface area contributed by atoms with Gasteiger partial charge in [-0.3, -0.25) is 9.59 Å². The number of nitrogens with zero attached hydrogens (tertiary/aromatic N) is 2. The van der Waals surface area contributed by atoms with Crippen LogP contribution in [0.4, 0.5) is 0 Å². The molecule has 0 aromatic heterocycles. The highest BCUT2D eigenvalue weighted by Crippen LogP contribution is 2.26. The van der Waals surface area contributed by atoms with Crippen molar-refractivity contribution in [1.82, 2.24) is 9.80 Å². The molecule has 0 saturated carbocycles. The molecule has 2 aromatic rings. The number of hydrogen-bond acceptors (Lipinski definition) is 5. The summed E-state index contributed by atoms with van der Waals surface area (Å²) in [6.45, 7) is 4.85. The van der Waals surface area contributed by atoms with Crippen molar-refractivity contribution in [2.24, 2.45) is 0 Å². The Morgan fingerprint density at radius 3 is 2.43 bits per heavy atom. The zero-order chi connectivity index (χ0) is 26.0. The van der Waals surface area contributed by atoms with Crippen LogP contribution in [0.5, 0.6) is 11.5 Å². The van der Waals surface area contributed by atoms with Crippen LogP contribution in [-0.2, 0) is 16.0 Å². The molecule has 7 nitrogen and oxygen atoms in total. The van der Waals surface area contributed by atoms with Gasteiger partial charge in [-0.05, 0) is 49.6 Å². The SMILES string of the molecule is CCOc1ccc(CC(=O)N2C[C@H]3OCCCCCCCCN(C)C(=O)c4ccccc4O[C@@H]3C2)cc1. The number of carbonyl (C=O) groups is 2. The van der Waals surface area contributed by atoms with E-state index < -0.39 is 0 Å². The van der Waals surface area contributed by atoms with Crippen LogP contribution in [-0.4, -0.2) is 73.7 Å². The van der Waals surface area contributed by atoms with E-state index in [9.17, 15) is 9.59 Å². The van der Waals surface area contributed by atoms with Gasteiger partial charge in [-0.25, -0.2) is 0 Å². The normalized spacial score (nSPS) is 21.6. The third-order valence-electron chi connectivity index (χ3n) is 7.12. The first kappa shape index (κ1) is 27.0. The van der Waals surface area contributed by atoms with Gasteiger partial charge in [-0.1, -0.05) is 49.9 Å². The Hall–Kier alpha value is -3.06. The average Bonchev–Trinajstić information content (AvgIpc) is 3.31. The first-order valence-corrected chi connectivity index (χ1v) is 13.7. The summed E-state index contributed by atoms with van der Waals surface area (Å²) in [7, 11) is 1.85. The Labute approximate surface area is 220 Å². The lowest BCUT2D eigenvalue weighted by Crippen LogP contribution is -2.34. The summed E-state index contributed by atoms with van der Waals surface area (Å²) >= 11 is 0. The van der Waals surface area contributed by atoms with Crippen molar-refractivity contribution in [2.45, 2.75) is 64.1 Å². The molecule has 0 unspecified atom stereocenters. The number of fused-ring (bicyclic) bond motifs is 2. The van der Waals surface area contributed by atoms with Crippen LogP contribution >= 0.6 is 0 Å². The lowest BCUT2D eigenvalue weighted by molar-refractivity contribution is -0.130. The monoisotopic (exact) mass is 508 g/mol. The van der Waals surface area contributed by atoms with E-state index in [0.717, 1.165) is 43.5 Å². The van der Waals surface area contributed by atoms with Crippen molar-refractivity contribution in [3.05, 3.63) is 59.7 Å². The number of carbonyl (C=O) groups excluding carboxylic acids is 2. The summed E-state index contributed by atoms with van der Waals surface area (Å²) < 4.78 is 18.2. The second-order valence-electron chi connectivity index (χ2n) is 9.96. The Balaban J connectivity index is 1.48. The minimum Gasteiger partial charge on any atom is -0.494 e. The summed E-state index contributed by atoms with van der Waals surface area (Å²) in [6.07, 6.45) is 6.31. The highest BCUT2D eigenvalue weighted by atomic mass is 16.5. The molecule has 2 aromatic carbocycles. The number of ether oxygens (including phenoxy) is 3. The Bertz CT molecular complexity index is 1020. The van der Waals surface area contributed by atoms with E-state index in [1.54, 1.807) is 4.90 Å². The molecule has 4 rings (SSSR count). The van der Waals surface area contributed by atoms with Crippen LogP contribution < -0.4 is 9.47 Å². The van der Waals surface area contributed by atoms with E-state index >= 15 is 0 Å². The van der Waals surface area contributed by atoms with E-state index in [0.29, 0.717) is 44.0 Å². The maximum Gasteiger partial charge on any atom is 0.257 e. The van der Waals surface area contributed by atoms with E-state index in [-0.39, 0.29) is 24.0 Å². The minimum absolute atomic E-state index is 0.0402. The Kier molecular flexibility index (Phi) is 9.83. The molecule has 200 valence electrons. The summed E-state index contributed by atoms with van der Waals surface area (Å²) in [5, 5.41) is 0. The van der Waals surface area contributed by atoms with Crippen molar-refractivity contribution in [3.63, 3.8) is 0 Å². The number of amides is 2. The smallest absolute Gasteiger partial charge is 0.257 e. The zero-order valence-electron chi connectivity index (χ0n) is 22.2. The van der Waals surface area contributed by atoms with E-state index in [1.807, 2.05) is 67.4 Å². The molecule has 2 amide bonds. The molecular weight excluding hydrogens is 468 g/mol. The van der Waals surface area contributed by atoms with E-state index in [2.05, 4.69) is 0 Å². The van der Waals surface area contributed by atoms with Gasteiger partial charge >= 0.3 is 0 Å². The third-order valence-corrected chi connectivity index (χ3v) is 7.12. The van der Waals surface area contributed by atoms with E-state index in [4.69, 9.17) is 14.2 Å². The number of para-hydroxylation sites is 1. The van der Waals surface area contributed by atoms with Gasteiger partial charge in [-0.2, -0.15) is 0 Å². The van der Waals surface area contributed by atoms with Crippen molar-refractivity contribution >= 4 is 11.8 Å². The summed E-state index contributed by atoms with van der Waals surface area (Å²) in [5.74, 6) is 1.35. The quantitative estimate of drug-likeness (QED) is 0.597. The molecule has 2 aliphatic heterocycles. The molecule has 2 atom stereocenters. The van der Waals surface area contributed by atoms with Gasteiger partial charge in [0.25, 0.3) is 5.91 Å². The molecule has 0 spiro atoms. The maximum atomic E-state index is 13.2. The van der Waals surface area contributed by atoms with Crippen LogP contribution in [0.15, 0.2) is 48.5 Å². The second-order valence-corrected chi connectivity index (χ2v) is 9.96. The summed E-state index contributed by atoms with van der Waals surface area (Å²) in [5.41, 5.74) is 1.50.